The highest BCUT2D eigenvalue weighted by atomic mass is 32.1. The van der Waals surface area contributed by atoms with Crippen LogP contribution < -0.4 is 5.32 Å². The average Bonchev–Trinajstić information content (AvgIpc) is 3.07. The fraction of sp³-hybridized carbons (Fsp3) is 0.368. The predicted molar refractivity (Wildman–Crippen MR) is 96.1 cm³/mol. The summed E-state index contributed by atoms with van der Waals surface area (Å²) in [5, 5.41) is 12.7. The lowest BCUT2D eigenvalue weighted by atomic mass is 9.78. The molecule has 0 saturated heterocycles. The van der Waals surface area contributed by atoms with Crippen LogP contribution in [0.5, 0.6) is 0 Å². The van der Waals surface area contributed by atoms with E-state index >= 15 is 0 Å². The topological polar surface area (TPSA) is 75.6 Å². The summed E-state index contributed by atoms with van der Waals surface area (Å²) in [6.45, 7) is 3.10. The van der Waals surface area contributed by atoms with Crippen LogP contribution >= 0.6 is 11.3 Å². The molecule has 1 aliphatic heterocycles. The Morgan fingerprint density at radius 1 is 1.32 bits per heavy atom. The number of nitrogens with one attached hydrogen (secondary N) is 1. The first-order valence-electron chi connectivity index (χ1n) is 8.33. The number of thiophene rings is 1. The third-order valence-corrected chi connectivity index (χ3v) is 5.98. The molecule has 1 aliphatic rings. The molecular formula is C19H21NO4S. The van der Waals surface area contributed by atoms with Crippen LogP contribution in [0.3, 0.4) is 0 Å². The molecule has 0 saturated carbocycles. The summed E-state index contributed by atoms with van der Waals surface area (Å²) < 4.78 is 5.41. The minimum Gasteiger partial charge on any atom is -0.481 e. The molecule has 0 aliphatic carbocycles. The third-order valence-electron chi connectivity index (χ3n) is 4.74. The second-order valence-corrected chi connectivity index (χ2v) is 7.29. The van der Waals surface area contributed by atoms with Gasteiger partial charge in [-0.2, -0.15) is 0 Å². The molecule has 1 amide bonds. The second-order valence-electron chi connectivity index (χ2n) is 6.15. The van der Waals surface area contributed by atoms with Gasteiger partial charge in [0.2, 0.25) is 0 Å². The zero-order valence-electron chi connectivity index (χ0n) is 14.1. The smallest absolute Gasteiger partial charge is 0.315 e. The van der Waals surface area contributed by atoms with Crippen LogP contribution in [0.2, 0.25) is 0 Å². The monoisotopic (exact) mass is 359 g/mol. The number of hydrogen-bond acceptors (Lipinski definition) is 4. The molecule has 132 valence electrons. The van der Waals surface area contributed by atoms with Crippen molar-refractivity contribution in [3.63, 3.8) is 0 Å². The maximum atomic E-state index is 12.5. The molecule has 1 unspecified atom stereocenters. The van der Waals surface area contributed by atoms with Gasteiger partial charge in [0.05, 0.1) is 18.1 Å². The SMILES string of the molecule is CCC(CNC(=O)c1cc2c(s1)CCOC2)(C(=O)O)c1ccccc1. The average molecular weight is 359 g/mol. The Morgan fingerprint density at radius 2 is 2.08 bits per heavy atom. The molecule has 1 aromatic heterocycles. The van der Waals surface area contributed by atoms with Crippen molar-refractivity contribution in [3.8, 4) is 0 Å². The molecular weight excluding hydrogens is 338 g/mol. The molecule has 6 heteroatoms. The van der Waals surface area contributed by atoms with Gasteiger partial charge >= 0.3 is 5.97 Å². The van der Waals surface area contributed by atoms with E-state index in [2.05, 4.69) is 5.32 Å². The van der Waals surface area contributed by atoms with Crippen LogP contribution in [0.25, 0.3) is 0 Å². The van der Waals surface area contributed by atoms with Crippen LogP contribution in [0, 0.1) is 0 Å². The van der Waals surface area contributed by atoms with Gasteiger partial charge in [-0.1, -0.05) is 37.3 Å². The Hall–Kier alpha value is -2.18. The minimum atomic E-state index is -1.13. The predicted octanol–water partition coefficient (Wildman–Crippen LogP) is 2.98. The first kappa shape index (κ1) is 17.6. The van der Waals surface area contributed by atoms with Gasteiger partial charge in [0.1, 0.15) is 5.41 Å². The highest BCUT2D eigenvalue weighted by Gasteiger charge is 2.39. The molecule has 2 aromatic rings. The van der Waals surface area contributed by atoms with Gasteiger partial charge in [0, 0.05) is 17.8 Å². The number of aliphatic carboxylic acids is 1. The molecule has 25 heavy (non-hydrogen) atoms. The van der Waals surface area contributed by atoms with E-state index in [0.29, 0.717) is 30.1 Å². The zero-order valence-corrected chi connectivity index (χ0v) is 14.9. The highest BCUT2D eigenvalue weighted by Crippen LogP contribution is 2.29. The van der Waals surface area contributed by atoms with E-state index in [4.69, 9.17) is 4.74 Å². The number of ether oxygens (including phenoxy) is 1. The van der Waals surface area contributed by atoms with Gasteiger partial charge in [-0.25, -0.2) is 0 Å². The Labute approximate surface area is 150 Å². The van der Waals surface area contributed by atoms with E-state index in [-0.39, 0.29) is 12.5 Å². The summed E-state index contributed by atoms with van der Waals surface area (Å²) >= 11 is 1.47. The molecule has 0 spiro atoms. The first-order chi connectivity index (χ1) is 12.1. The van der Waals surface area contributed by atoms with Gasteiger partial charge in [-0.15, -0.1) is 11.3 Å². The number of carbonyl (C=O) groups excluding carboxylic acids is 1. The Balaban J connectivity index is 1.78. The van der Waals surface area contributed by atoms with Crippen molar-refractivity contribution in [2.45, 2.75) is 31.8 Å². The number of hydrogen-bond donors (Lipinski definition) is 2. The number of benzene rings is 1. The highest BCUT2D eigenvalue weighted by molar-refractivity contribution is 7.14. The molecule has 2 heterocycles. The Kier molecular flexibility index (Phi) is 5.20. The van der Waals surface area contributed by atoms with E-state index in [0.717, 1.165) is 12.0 Å². The van der Waals surface area contributed by atoms with Gasteiger partial charge in [-0.05, 0) is 23.6 Å². The minimum absolute atomic E-state index is 0.0563. The summed E-state index contributed by atoms with van der Waals surface area (Å²) in [5.41, 5.74) is 0.630. The van der Waals surface area contributed by atoms with Gasteiger partial charge in [-0.3, -0.25) is 9.59 Å². The normalized spacial score (nSPS) is 15.9. The number of amides is 1. The lowest BCUT2D eigenvalue weighted by molar-refractivity contribution is -0.143. The fourth-order valence-corrected chi connectivity index (χ4v) is 4.18. The van der Waals surface area contributed by atoms with Crippen LogP contribution in [-0.4, -0.2) is 30.1 Å². The van der Waals surface area contributed by atoms with Crippen LogP contribution in [0.4, 0.5) is 0 Å². The number of fused-ring (bicyclic) bond motifs is 1. The van der Waals surface area contributed by atoms with Crippen LogP contribution in [0.1, 0.15) is 39.0 Å². The Bertz CT molecular complexity index is 747. The van der Waals surface area contributed by atoms with Crippen molar-refractivity contribution < 1.29 is 19.4 Å². The largest absolute Gasteiger partial charge is 0.481 e. The number of rotatable bonds is 6. The lowest BCUT2D eigenvalue weighted by Gasteiger charge is -2.29. The number of carbonyl (C=O) groups is 2. The summed E-state index contributed by atoms with van der Waals surface area (Å²) in [7, 11) is 0. The summed E-state index contributed by atoms with van der Waals surface area (Å²) in [4.78, 5) is 26.3. The molecule has 5 nitrogen and oxygen atoms in total. The Morgan fingerprint density at radius 3 is 2.72 bits per heavy atom. The van der Waals surface area contributed by atoms with Gasteiger partial charge < -0.3 is 15.2 Å². The first-order valence-corrected chi connectivity index (χ1v) is 9.15. The number of carboxylic acid groups (broad SMARTS) is 1. The zero-order chi connectivity index (χ0) is 17.9. The molecule has 2 N–H and O–H groups in total. The lowest BCUT2D eigenvalue weighted by Crippen LogP contribution is -2.46. The third kappa shape index (κ3) is 3.45. The summed E-state index contributed by atoms with van der Waals surface area (Å²) in [6, 6.07) is 10.9. The van der Waals surface area contributed by atoms with Crippen molar-refractivity contribution in [1.29, 1.82) is 0 Å². The van der Waals surface area contributed by atoms with E-state index in [1.807, 2.05) is 31.2 Å². The molecule has 3 rings (SSSR count). The van der Waals surface area contributed by atoms with E-state index in [1.165, 1.54) is 16.2 Å². The molecule has 0 fully saturated rings. The maximum absolute atomic E-state index is 12.5. The fourth-order valence-electron chi connectivity index (χ4n) is 3.12. The van der Waals surface area contributed by atoms with Gasteiger partial charge in [0.25, 0.3) is 5.91 Å². The van der Waals surface area contributed by atoms with Crippen LogP contribution in [0.15, 0.2) is 36.4 Å². The summed E-state index contributed by atoms with van der Waals surface area (Å²) in [6.07, 6.45) is 1.22. The van der Waals surface area contributed by atoms with E-state index in [1.54, 1.807) is 12.1 Å². The quantitative estimate of drug-likeness (QED) is 0.831. The van der Waals surface area contributed by atoms with Crippen LogP contribution in [-0.2, 0) is 28.0 Å². The molecule has 1 atom stereocenters. The standard InChI is InChI=1S/C19H21NO4S/c1-2-19(18(22)23,14-6-4-3-5-7-14)12-20-17(21)16-10-13-11-24-9-8-15(13)25-16/h3-7,10H,2,8-9,11-12H2,1H3,(H,20,21)(H,22,23). The van der Waals surface area contributed by atoms with Crippen molar-refractivity contribution in [3.05, 3.63) is 57.3 Å². The second kappa shape index (κ2) is 7.37. The molecule has 0 radical (unpaired) electrons. The van der Waals surface area contributed by atoms with Gasteiger partial charge in [0.15, 0.2) is 0 Å². The molecule has 0 bridgehead atoms. The van der Waals surface area contributed by atoms with Crippen molar-refractivity contribution in [2.75, 3.05) is 13.2 Å². The summed E-state index contributed by atoms with van der Waals surface area (Å²) in [5.74, 6) is -1.16. The van der Waals surface area contributed by atoms with E-state index < -0.39 is 11.4 Å². The molecule has 1 aromatic carbocycles. The van der Waals surface area contributed by atoms with Crippen molar-refractivity contribution in [2.24, 2.45) is 0 Å². The maximum Gasteiger partial charge on any atom is 0.315 e. The van der Waals surface area contributed by atoms with Crippen molar-refractivity contribution in [1.82, 2.24) is 5.32 Å². The van der Waals surface area contributed by atoms with E-state index in [9.17, 15) is 14.7 Å². The van der Waals surface area contributed by atoms with Crippen molar-refractivity contribution >= 4 is 23.2 Å². The number of carboxylic acids is 1.